The molecule has 1 aromatic heterocycles. The van der Waals surface area contributed by atoms with Crippen LogP contribution in [0.25, 0.3) is 11.3 Å². The van der Waals surface area contributed by atoms with Crippen LogP contribution in [-0.2, 0) is 0 Å². The molecule has 0 N–H and O–H groups in total. The highest BCUT2D eigenvalue weighted by molar-refractivity contribution is 7.99. The van der Waals surface area contributed by atoms with Gasteiger partial charge in [-0.2, -0.15) is 0 Å². The lowest BCUT2D eigenvalue weighted by Crippen LogP contribution is -2.49. The first-order chi connectivity index (χ1) is 14.7. The Balaban J connectivity index is 1.41. The van der Waals surface area contributed by atoms with E-state index in [2.05, 4.69) is 41.1 Å². The van der Waals surface area contributed by atoms with Crippen LogP contribution in [0.3, 0.4) is 0 Å². The summed E-state index contributed by atoms with van der Waals surface area (Å²) in [5.74, 6) is 1.93. The minimum Gasteiger partial charge on any atom is -0.352 e. The van der Waals surface area contributed by atoms with Gasteiger partial charge < -0.3 is 9.80 Å². The molecular weight excluding hydrogens is 392 g/mol. The fourth-order valence-electron chi connectivity index (χ4n) is 3.73. The number of hydrogen-bond acceptors (Lipinski definition) is 5. The summed E-state index contributed by atoms with van der Waals surface area (Å²) in [7, 11) is 0. The standard InChI is InChI=1S/C24H26N4OS/c1-3-30-22-11-7-6-10-20(22)24(29)28-16-14-27(15-17-28)23-13-12-21(25-26-23)19-9-5-4-8-18(19)2/h4-13H,3,14-17H2,1-2H3. The highest BCUT2D eigenvalue weighted by atomic mass is 32.2. The molecule has 5 nitrogen and oxygen atoms in total. The number of piperazine rings is 1. The van der Waals surface area contributed by atoms with E-state index in [1.165, 1.54) is 5.56 Å². The number of amides is 1. The van der Waals surface area contributed by atoms with Crippen LogP contribution in [0.5, 0.6) is 0 Å². The molecule has 0 bridgehead atoms. The number of thioether (sulfide) groups is 1. The van der Waals surface area contributed by atoms with Gasteiger partial charge in [-0.05, 0) is 42.5 Å². The molecule has 154 valence electrons. The van der Waals surface area contributed by atoms with Crippen molar-refractivity contribution >= 4 is 23.5 Å². The van der Waals surface area contributed by atoms with E-state index in [9.17, 15) is 4.79 Å². The van der Waals surface area contributed by atoms with E-state index >= 15 is 0 Å². The first-order valence-corrected chi connectivity index (χ1v) is 11.3. The summed E-state index contributed by atoms with van der Waals surface area (Å²) in [6, 6.07) is 20.1. The lowest BCUT2D eigenvalue weighted by Gasteiger charge is -2.35. The number of hydrogen-bond donors (Lipinski definition) is 0. The Bertz CT molecular complexity index is 1010. The first-order valence-electron chi connectivity index (χ1n) is 10.3. The quantitative estimate of drug-likeness (QED) is 0.570. The average Bonchev–Trinajstić information content (AvgIpc) is 2.80. The molecule has 0 spiro atoms. The van der Waals surface area contributed by atoms with Gasteiger partial charge in [0.05, 0.1) is 11.3 Å². The van der Waals surface area contributed by atoms with Crippen LogP contribution in [-0.4, -0.2) is 52.9 Å². The second-order valence-electron chi connectivity index (χ2n) is 7.30. The molecule has 0 saturated carbocycles. The number of benzene rings is 2. The van der Waals surface area contributed by atoms with E-state index in [0.717, 1.165) is 46.4 Å². The molecular formula is C24H26N4OS. The first kappa shape index (κ1) is 20.4. The number of anilines is 1. The van der Waals surface area contributed by atoms with Gasteiger partial charge in [0.25, 0.3) is 5.91 Å². The van der Waals surface area contributed by atoms with Crippen molar-refractivity contribution in [2.24, 2.45) is 0 Å². The van der Waals surface area contributed by atoms with Gasteiger partial charge in [0, 0.05) is 36.6 Å². The number of rotatable bonds is 5. The Labute approximate surface area is 182 Å². The molecule has 2 aromatic carbocycles. The van der Waals surface area contributed by atoms with Gasteiger partial charge in [-0.25, -0.2) is 0 Å². The fraction of sp³-hybridized carbons (Fsp3) is 0.292. The smallest absolute Gasteiger partial charge is 0.255 e. The maximum absolute atomic E-state index is 13.0. The summed E-state index contributed by atoms with van der Waals surface area (Å²) in [6.07, 6.45) is 0. The van der Waals surface area contributed by atoms with Crippen LogP contribution in [0, 0.1) is 6.92 Å². The maximum Gasteiger partial charge on any atom is 0.255 e. The molecule has 0 atom stereocenters. The van der Waals surface area contributed by atoms with Gasteiger partial charge in [0.15, 0.2) is 5.82 Å². The van der Waals surface area contributed by atoms with Crippen molar-refractivity contribution in [3.8, 4) is 11.3 Å². The topological polar surface area (TPSA) is 49.3 Å². The van der Waals surface area contributed by atoms with E-state index in [1.54, 1.807) is 11.8 Å². The minimum atomic E-state index is 0.118. The summed E-state index contributed by atoms with van der Waals surface area (Å²) < 4.78 is 0. The fourth-order valence-corrected chi connectivity index (χ4v) is 4.53. The summed E-state index contributed by atoms with van der Waals surface area (Å²) in [5.41, 5.74) is 3.99. The van der Waals surface area contributed by atoms with Gasteiger partial charge in [-0.1, -0.05) is 43.3 Å². The Kier molecular flexibility index (Phi) is 6.33. The second kappa shape index (κ2) is 9.30. The molecule has 3 aromatic rings. The zero-order chi connectivity index (χ0) is 20.9. The van der Waals surface area contributed by atoms with Crippen molar-refractivity contribution in [3.05, 3.63) is 71.8 Å². The monoisotopic (exact) mass is 418 g/mol. The van der Waals surface area contributed by atoms with Crippen LogP contribution in [0.15, 0.2) is 65.6 Å². The molecule has 1 saturated heterocycles. The van der Waals surface area contributed by atoms with E-state index in [4.69, 9.17) is 0 Å². The molecule has 0 radical (unpaired) electrons. The number of aromatic nitrogens is 2. The van der Waals surface area contributed by atoms with Crippen molar-refractivity contribution in [2.45, 2.75) is 18.7 Å². The van der Waals surface area contributed by atoms with Crippen molar-refractivity contribution < 1.29 is 4.79 Å². The van der Waals surface area contributed by atoms with Crippen LogP contribution in [0.4, 0.5) is 5.82 Å². The predicted octanol–water partition coefficient (Wildman–Crippen LogP) is 4.53. The van der Waals surface area contributed by atoms with Crippen molar-refractivity contribution in [2.75, 3.05) is 36.8 Å². The Morgan fingerprint density at radius 3 is 2.37 bits per heavy atom. The van der Waals surface area contributed by atoms with Crippen molar-refractivity contribution in [3.63, 3.8) is 0 Å². The van der Waals surface area contributed by atoms with Crippen LogP contribution in [0.2, 0.25) is 0 Å². The second-order valence-corrected chi connectivity index (χ2v) is 8.61. The van der Waals surface area contributed by atoms with Crippen LogP contribution in [0.1, 0.15) is 22.8 Å². The Morgan fingerprint density at radius 2 is 1.67 bits per heavy atom. The van der Waals surface area contributed by atoms with E-state index in [1.807, 2.05) is 53.4 Å². The predicted molar refractivity (Wildman–Crippen MR) is 123 cm³/mol. The van der Waals surface area contributed by atoms with Crippen LogP contribution >= 0.6 is 11.8 Å². The largest absolute Gasteiger partial charge is 0.352 e. The minimum absolute atomic E-state index is 0.118. The summed E-state index contributed by atoms with van der Waals surface area (Å²) in [6.45, 7) is 7.07. The molecule has 0 aliphatic carbocycles. The summed E-state index contributed by atoms with van der Waals surface area (Å²) in [5, 5.41) is 8.90. The van der Waals surface area contributed by atoms with E-state index in [-0.39, 0.29) is 5.91 Å². The summed E-state index contributed by atoms with van der Waals surface area (Å²) >= 11 is 1.72. The van der Waals surface area contributed by atoms with E-state index < -0.39 is 0 Å². The third-order valence-electron chi connectivity index (χ3n) is 5.38. The number of aryl methyl sites for hydroxylation is 1. The van der Waals surface area contributed by atoms with Gasteiger partial charge >= 0.3 is 0 Å². The summed E-state index contributed by atoms with van der Waals surface area (Å²) in [4.78, 5) is 18.2. The molecule has 1 aliphatic heterocycles. The lowest BCUT2D eigenvalue weighted by molar-refractivity contribution is 0.0743. The third kappa shape index (κ3) is 4.33. The van der Waals surface area contributed by atoms with Crippen molar-refractivity contribution in [1.29, 1.82) is 0 Å². The maximum atomic E-state index is 13.0. The molecule has 2 heterocycles. The highest BCUT2D eigenvalue weighted by Crippen LogP contribution is 2.25. The average molecular weight is 419 g/mol. The molecule has 0 unspecified atom stereocenters. The van der Waals surface area contributed by atoms with Gasteiger partial charge in [-0.3, -0.25) is 4.79 Å². The molecule has 30 heavy (non-hydrogen) atoms. The van der Waals surface area contributed by atoms with Gasteiger partial charge in [-0.15, -0.1) is 22.0 Å². The lowest BCUT2D eigenvalue weighted by atomic mass is 10.1. The number of carbonyl (C=O) groups excluding carboxylic acids is 1. The van der Waals surface area contributed by atoms with Gasteiger partial charge in [0.1, 0.15) is 0 Å². The van der Waals surface area contributed by atoms with E-state index in [0.29, 0.717) is 13.1 Å². The van der Waals surface area contributed by atoms with Crippen molar-refractivity contribution in [1.82, 2.24) is 15.1 Å². The molecule has 6 heteroatoms. The number of nitrogens with zero attached hydrogens (tertiary/aromatic N) is 4. The molecule has 1 fully saturated rings. The molecule has 1 amide bonds. The Morgan fingerprint density at radius 1 is 0.933 bits per heavy atom. The zero-order valence-electron chi connectivity index (χ0n) is 17.4. The molecule has 4 rings (SSSR count). The highest BCUT2D eigenvalue weighted by Gasteiger charge is 2.24. The zero-order valence-corrected chi connectivity index (χ0v) is 18.2. The molecule has 1 aliphatic rings. The SMILES string of the molecule is CCSc1ccccc1C(=O)N1CCN(c2ccc(-c3ccccc3C)nn2)CC1. The Hall–Kier alpha value is -2.86. The normalized spacial score (nSPS) is 14.1. The van der Waals surface area contributed by atoms with Gasteiger partial charge in [0.2, 0.25) is 0 Å². The third-order valence-corrected chi connectivity index (χ3v) is 6.34. The van der Waals surface area contributed by atoms with Crippen LogP contribution < -0.4 is 4.90 Å². The number of carbonyl (C=O) groups is 1.